The molecule has 1 aromatic heterocycles. The molecule has 0 amide bonds. The molecule has 2 rings (SSSR count). The van der Waals surface area contributed by atoms with Crippen LogP contribution in [0.1, 0.15) is 18.9 Å². The van der Waals surface area contributed by atoms with E-state index in [0.717, 1.165) is 19.6 Å². The van der Waals surface area contributed by atoms with Crippen molar-refractivity contribution in [1.82, 2.24) is 4.98 Å². The van der Waals surface area contributed by atoms with Crippen molar-refractivity contribution in [2.75, 3.05) is 18.5 Å². The summed E-state index contributed by atoms with van der Waals surface area (Å²) >= 11 is 0. The van der Waals surface area contributed by atoms with Crippen molar-refractivity contribution in [2.45, 2.75) is 19.4 Å². The predicted molar refractivity (Wildman–Crippen MR) is 61.0 cm³/mol. The Morgan fingerprint density at radius 2 is 2.56 bits per heavy atom. The van der Waals surface area contributed by atoms with Crippen LogP contribution in [0.4, 0.5) is 5.82 Å². The first-order valence-electron chi connectivity index (χ1n) is 5.52. The number of hydrogen-bond acceptors (Lipinski definition) is 4. The molecule has 0 saturated carbocycles. The number of nitriles is 1. The number of nitrogens with zero attached hydrogens (tertiary/aromatic N) is 2. The Bertz CT molecular complexity index is 399. The van der Waals surface area contributed by atoms with Gasteiger partial charge in [-0.3, -0.25) is 0 Å². The molecule has 1 saturated heterocycles. The highest BCUT2D eigenvalue weighted by Gasteiger charge is 2.23. The normalized spacial score (nSPS) is 24.0. The van der Waals surface area contributed by atoms with Crippen LogP contribution in [-0.2, 0) is 4.74 Å². The first-order valence-corrected chi connectivity index (χ1v) is 5.52. The van der Waals surface area contributed by atoms with Crippen molar-refractivity contribution in [3.8, 4) is 6.07 Å². The fraction of sp³-hybridized carbons (Fsp3) is 0.500. The van der Waals surface area contributed by atoms with Crippen LogP contribution in [0.15, 0.2) is 18.3 Å². The van der Waals surface area contributed by atoms with Gasteiger partial charge < -0.3 is 10.1 Å². The van der Waals surface area contributed by atoms with Crippen LogP contribution < -0.4 is 5.32 Å². The van der Waals surface area contributed by atoms with Crippen molar-refractivity contribution in [3.05, 3.63) is 23.9 Å². The van der Waals surface area contributed by atoms with Gasteiger partial charge >= 0.3 is 0 Å². The summed E-state index contributed by atoms with van der Waals surface area (Å²) in [6, 6.07) is 5.66. The Kier molecular flexibility index (Phi) is 3.37. The molecule has 0 aromatic carbocycles. The number of pyridine rings is 1. The van der Waals surface area contributed by atoms with E-state index in [1.54, 1.807) is 18.3 Å². The van der Waals surface area contributed by atoms with Crippen LogP contribution in [-0.4, -0.2) is 24.2 Å². The highest BCUT2D eigenvalue weighted by molar-refractivity contribution is 5.51. The Morgan fingerprint density at radius 1 is 1.69 bits per heavy atom. The third-order valence-corrected chi connectivity index (χ3v) is 2.99. The molecule has 1 aromatic rings. The molecule has 1 fully saturated rings. The summed E-state index contributed by atoms with van der Waals surface area (Å²) in [4.78, 5) is 4.16. The maximum Gasteiger partial charge on any atom is 0.143 e. The zero-order chi connectivity index (χ0) is 11.4. The average Bonchev–Trinajstić information content (AvgIpc) is 2.72. The summed E-state index contributed by atoms with van der Waals surface area (Å²) in [6.07, 6.45) is 3.06. The molecule has 0 radical (unpaired) electrons. The van der Waals surface area contributed by atoms with Crippen LogP contribution in [0.3, 0.4) is 0 Å². The minimum absolute atomic E-state index is 0.293. The Labute approximate surface area is 95.3 Å². The van der Waals surface area contributed by atoms with E-state index in [0.29, 0.717) is 23.4 Å². The number of aromatic nitrogens is 1. The molecular formula is C12H15N3O. The van der Waals surface area contributed by atoms with Gasteiger partial charge in [-0.25, -0.2) is 4.98 Å². The lowest BCUT2D eigenvalue weighted by Crippen LogP contribution is -2.21. The average molecular weight is 217 g/mol. The molecule has 84 valence electrons. The standard InChI is InChI=1S/C12H15N3O/c1-9-11(4-6-16-9)8-15-12-10(7-13)3-2-5-14-12/h2-3,5,9,11H,4,6,8H2,1H3,(H,14,15). The first kappa shape index (κ1) is 10.9. The van der Waals surface area contributed by atoms with E-state index in [9.17, 15) is 0 Å². The van der Waals surface area contributed by atoms with E-state index in [2.05, 4.69) is 23.3 Å². The third-order valence-electron chi connectivity index (χ3n) is 2.99. The summed E-state index contributed by atoms with van der Waals surface area (Å²) in [7, 11) is 0. The smallest absolute Gasteiger partial charge is 0.143 e. The zero-order valence-electron chi connectivity index (χ0n) is 9.31. The Balaban J connectivity index is 1.97. The van der Waals surface area contributed by atoms with Crippen molar-refractivity contribution in [3.63, 3.8) is 0 Å². The lowest BCUT2D eigenvalue weighted by molar-refractivity contribution is 0.108. The first-order chi connectivity index (χ1) is 7.81. The SMILES string of the molecule is CC1OCCC1CNc1ncccc1C#N. The quantitative estimate of drug-likeness (QED) is 0.838. The maximum absolute atomic E-state index is 8.91. The molecule has 2 unspecified atom stereocenters. The predicted octanol–water partition coefficient (Wildman–Crippen LogP) is 1.79. The monoisotopic (exact) mass is 217 g/mol. The van der Waals surface area contributed by atoms with Gasteiger partial charge in [0.25, 0.3) is 0 Å². The minimum atomic E-state index is 0.293. The molecular weight excluding hydrogens is 202 g/mol. The second-order valence-corrected chi connectivity index (χ2v) is 4.02. The maximum atomic E-state index is 8.91. The molecule has 0 bridgehead atoms. The lowest BCUT2D eigenvalue weighted by Gasteiger charge is -2.15. The summed E-state index contributed by atoms with van der Waals surface area (Å²) in [5.41, 5.74) is 0.592. The summed E-state index contributed by atoms with van der Waals surface area (Å²) < 4.78 is 5.48. The largest absolute Gasteiger partial charge is 0.378 e. The fourth-order valence-electron chi connectivity index (χ4n) is 1.91. The van der Waals surface area contributed by atoms with Crippen molar-refractivity contribution in [1.29, 1.82) is 5.26 Å². The lowest BCUT2D eigenvalue weighted by atomic mass is 10.0. The molecule has 0 spiro atoms. The molecule has 1 aliphatic rings. The third kappa shape index (κ3) is 2.31. The number of rotatable bonds is 3. The van der Waals surface area contributed by atoms with E-state index < -0.39 is 0 Å². The van der Waals surface area contributed by atoms with E-state index in [4.69, 9.17) is 10.00 Å². The van der Waals surface area contributed by atoms with Gasteiger partial charge in [-0.2, -0.15) is 5.26 Å². The minimum Gasteiger partial charge on any atom is -0.378 e. The van der Waals surface area contributed by atoms with E-state index >= 15 is 0 Å². The van der Waals surface area contributed by atoms with Gasteiger partial charge in [0.1, 0.15) is 11.9 Å². The fourth-order valence-corrected chi connectivity index (χ4v) is 1.91. The molecule has 2 heterocycles. The van der Waals surface area contributed by atoms with E-state index in [-0.39, 0.29) is 0 Å². The molecule has 1 N–H and O–H groups in total. The highest BCUT2D eigenvalue weighted by Crippen LogP contribution is 2.21. The summed E-state index contributed by atoms with van der Waals surface area (Å²) in [5, 5.41) is 12.1. The topological polar surface area (TPSA) is 57.9 Å². The van der Waals surface area contributed by atoms with Crippen LogP contribution >= 0.6 is 0 Å². The van der Waals surface area contributed by atoms with Gasteiger partial charge in [0.2, 0.25) is 0 Å². The molecule has 4 nitrogen and oxygen atoms in total. The van der Waals surface area contributed by atoms with Crippen molar-refractivity contribution >= 4 is 5.82 Å². The molecule has 2 atom stereocenters. The summed E-state index contributed by atoms with van der Waals surface area (Å²) in [6.45, 7) is 3.73. The van der Waals surface area contributed by atoms with Gasteiger partial charge in [-0.1, -0.05) is 0 Å². The number of ether oxygens (including phenoxy) is 1. The van der Waals surface area contributed by atoms with Gasteiger partial charge in [-0.05, 0) is 25.5 Å². The molecule has 1 aliphatic heterocycles. The molecule has 4 heteroatoms. The van der Waals surface area contributed by atoms with Crippen LogP contribution in [0.2, 0.25) is 0 Å². The Hall–Kier alpha value is -1.60. The number of hydrogen-bond donors (Lipinski definition) is 1. The van der Waals surface area contributed by atoms with Gasteiger partial charge in [0.15, 0.2) is 0 Å². The molecule has 16 heavy (non-hydrogen) atoms. The second-order valence-electron chi connectivity index (χ2n) is 4.02. The zero-order valence-corrected chi connectivity index (χ0v) is 9.31. The van der Waals surface area contributed by atoms with Crippen molar-refractivity contribution in [2.24, 2.45) is 5.92 Å². The van der Waals surface area contributed by atoms with Crippen LogP contribution in [0, 0.1) is 17.2 Å². The van der Waals surface area contributed by atoms with E-state index in [1.807, 2.05) is 0 Å². The van der Waals surface area contributed by atoms with E-state index in [1.165, 1.54) is 0 Å². The highest BCUT2D eigenvalue weighted by atomic mass is 16.5. The van der Waals surface area contributed by atoms with Crippen LogP contribution in [0.25, 0.3) is 0 Å². The van der Waals surface area contributed by atoms with Gasteiger partial charge in [-0.15, -0.1) is 0 Å². The van der Waals surface area contributed by atoms with Crippen molar-refractivity contribution < 1.29 is 4.74 Å². The molecule has 0 aliphatic carbocycles. The number of anilines is 1. The van der Waals surface area contributed by atoms with Gasteiger partial charge in [0.05, 0.1) is 11.7 Å². The number of nitrogens with one attached hydrogen (secondary N) is 1. The Morgan fingerprint density at radius 3 is 3.25 bits per heavy atom. The summed E-state index contributed by atoms with van der Waals surface area (Å²) in [5.74, 6) is 1.18. The van der Waals surface area contributed by atoms with Gasteiger partial charge in [0, 0.05) is 25.3 Å². The van der Waals surface area contributed by atoms with Crippen LogP contribution in [0.5, 0.6) is 0 Å². The second kappa shape index (κ2) is 4.95.